The van der Waals surface area contributed by atoms with Crippen molar-refractivity contribution < 1.29 is 42.1 Å². The lowest BCUT2D eigenvalue weighted by molar-refractivity contribution is -0.870. The van der Waals surface area contributed by atoms with Crippen molar-refractivity contribution >= 4 is 19.8 Å². The summed E-state index contributed by atoms with van der Waals surface area (Å²) in [5.41, 5.74) is 0. The monoisotopic (exact) mass is 607 g/mol. The summed E-state index contributed by atoms with van der Waals surface area (Å²) in [4.78, 5) is 36.7. The fourth-order valence-electron chi connectivity index (χ4n) is 4.24. The second-order valence-corrected chi connectivity index (χ2v) is 13.6. The minimum Gasteiger partial charge on any atom is -0.756 e. The number of phosphoric acid groups is 1. The van der Waals surface area contributed by atoms with Crippen LogP contribution in [0.15, 0.2) is 0 Å². The number of carbonyl (C=O) groups excluding carboxylic acids is 2. The van der Waals surface area contributed by atoms with Crippen LogP contribution in [0.3, 0.4) is 0 Å². The molecule has 2 atom stereocenters. The van der Waals surface area contributed by atoms with Crippen LogP contribution in [0.4, 0.5) is 0 Å². The van der Waals surface area contributed by atoms with Gasteiger partial charge in [0.2, 0.25) is 0 Å². The van der Waals surface area contributed by atoms with Crippen LogP contribution >= 0.6 is 7.82 Å². The van der Waals surface area contributed by atoms with Gasteiger partial charge in [0.25, 0.3) is 7.82 Å². The van der Waals surface area contributed by atoms with E-state index in [1.165, 1.54) is 64.2 Å². The molecule has 0 aromatic rings. The van der Waals surface area contributed by atoms with Crippen molar-refractivity contribution in [3.8, 4) is 0 Å². The van der Waals surface area contributed by atoms with Gasteiger partial charge in [-0.05, 0) is 12.8 Å². The number of carbonyl (C=O) groups is 2. The lowest BCUT2D eigenvalue weighted by atomic mass is 10.0. The summed E-state index contributed by atoms with van der Waals surface area (Å²) in [6, 6.07) is 0. The van der Waals surface area contributed by atoms with Crippen molar-refractivity contribution in [2.75, 3.05) is 47.5 Å². The molecule has 0 aromatic carbocycles. The molecule has 9 nitrogen and oxygen atoms in total. The smallest absolute Gasteiger partial charge is 0.306 e. The Balaban J connectivity index is 4.38. The Morgan fingerprint density at radius 1 is 0.659 bits per heavy atom. The molecule has 0 bridgehead atoms. The van der Waals surface area contributed by atoms with E-state index in [2.05, 4.69) is 13.8 Å². The van der Waals surface area contributed by atoms with Gasteiger partial charge in [0, 0.05) is 12.8 Å². The van der Waals surface area contributed by atoms with Crippen LogP contribution < -0.4 is 4.89 Å². The number of unbranched alkanes of at least 4 members (excludes halogenated alkanes) is 15. The van der Waals surface area contributed by atoms with Gasteiger partial charge in [-0.25, -0.2) is 0 Å². The van der Waals surface area contributed by atoms with E-state index in [1.54, 1.807) is 0 Å². The molecule has 0 amide bonds. The van der Waals surface area contributed by atoms with Crippen molar-refractivity contribution in [2.45, 2.75) is 142 Å². The summed E-state index contributed by atoms with van der Waals surface area (Å²) < 4.78 is 33.3. The molecule has 0 aromatic heterocycles. The maximum absolute atomic E-state index is 12.5. The topological polar surface area (TPSA) is 111 Å². The van der Waals surface area contributed by atoms with Gasteiger partial charge in [0.05, 0.1) is 27.7 Å². The number of phosphoric ester groups is 1. The summed E-state index contributed by atoms with van der Waals surface area (Å²) >= 11 is 0. The van der Waals surface area contributed by atoms with Crippen LogP contribution in [-0.2, 0) is 32.7 Å². The normalized spacial score (nSPS) is 14.0. The fraction of sp³-hybridized carbons (Fsp3) is 0.935. The molecule has 0 fully saturated rings. The second kappa shape index (κ2) is 25.5. The summed E-state index contributed by atoms with van der Waals surface area (Å²) in [7, 11) is 1.17. The van der Waals surface area contributed by atoms with E-state index < -0.39 is 32.5 Å². The third kappa shape index (κ3) is 28.9. The van der Waals surface area contributed by atoms with Gasteiger partial charge in [0.15, 0.2) is 6.10 Å². The average Bonchev–Trinajstić information content (AvgIpc) is 2.90. The predicted molar refractivity (Wildman–Crippen MR) is 162 cm³/mol. The fourth-order valence-corrected chi connectivity index (χ4v) is 4.97. The molecule has 0 aliphatic carbocycles. The Morgan fingerprint density at radius 3 is 1.59 bits per heavy atom. The lowest BCUT2D eigenvalue weighted by Gasteiger charge is -2.28. The molecule has 0 N–H and O–H groups in total. The van der Waals surface area contributed by atoms with Crippen molar-refractivity contribution in [3.63, 3.8) is 0 Å². The molecular formula is C31H62NO8P. The molecule has 0 heterocycles. The first-order valence-corrected chi connectivity index (χ1v) is 17.7. The molecule has 0 radical (unpaired) electrons. The number of ether oxygens (including phenoxy) is 2. The Bertz CT molecular complexity index is 698. The van der Waals surface area contributed by atoms with Gasteiger partial charge < -0.3 is 27.9 Å². The first-order valence-electron chi connectivity index (χ1n) is 16.2. The van der Waals surface area contributed by atoms with Gasteiger partial charge in [0.1, 0.15) is 19.8 Å². The third-order valence-corrected chi connectivity index (χ3v) is 7.84. The zero-order valence-electron chi connectivity index (χ0n) is 27.0. The molecule has 10 heteroatoms. The lowest BCUT2D eigenvalue weighted by Crippen LogP contribution is -2.37. The van der Waals surface area contributed by atoms with Crippen LogP contribution in [0.25, 0.3) is 0 Å². The Hall–Kier alpha value is -0.990. The maximum atomic E-state index is 12.5. The minimum atomic E-state index is -4.59. The molecule has 0 rings (SSSR count). The molecule has 0 saturated heterocycles. The van der Waals surface area contributed by atoms with E-state index in [0.717, 1.165) is 38.5 Å². The molecule has 0 aliphatic rings. The van der Waals surface area contributed by atoms with Crippen LogP contribution in [0.5, 0.6) is 0 Å². The van der Waals surface area contributed by atoms with E-state index in [9.17, 15) is 19.0 Å². The van der Waals surface area contributed by atoms with Crippen molar-refractivity contribution in [2.24, 2.45) is 0 Å². The second-order valence-electron chi connectivity index (χ2n) is 12.2. The predicted octanol–water partition coefficient (Wildman–Crippen LogP) is 7.10. The molecular weight excluding hydrogens is 545 g/mol. The standard InChI is InChI=1S/C31H62NO8P/c1-6-8-10-12-13-14-15-16-17-18-19-20-22-24-31(34)40-29(27-37-30(33)23-21-11-9-7-2)28-39-41(35,36)38-26-25-32(3,4)5/h29H,6-28H2,1-5H3/t29-/m1/s1. The third-order valence-electron chi connectivity index (χ3n) is 6.88. The first-order chi connectivity index (χ1) is 19.5. The number of hydrogen-bond acceptors (Lipinski definition) is 8. The Kier molecular flexibility index (Phi) is 24.9. The highest BCUT2D eigenvalue weighted by Crippen LogP contribution is 2.38. The van der Waals surface area contributed by atoms with Crippen molar-refractivity contribution in [1.82, 2.24) is 0 Å². The molecule has 1 unspecified atom stereocenters. The Labute approximate surface area is 251 Å². The summed E-state index contributed by atoms with van der Waals surface area (Å²) in [6.45, 7) is 4.07. The van der Waals surface area contributed by atoms with Crippen molar-refractivity contribution in [1.29, 1.82) is 0 Å². The average molecular weight is 608 g/mol. The SMILES string of the molecule is CCCCCCCCCCCCCCCC(=O)O[C@H](COC(=O)CCCCCC)COP(=O)([O-])OCC[N+](C)(C)C. The quantitative estimate of drug-likeness (QED) is 0.0383. The Morgan fingerprint density at radius 2 is 1.10 bits per heavy atom. The van der Waals surface area contributed by atoms with E-state index in [0.29, 0.717) is 17.4 Å². The van der Waals surface area contributed by atoms with E-state index in [-0.39, 0.29) is 26.1 Å². The maximum Gasteiger partial charge on any atom is 0.306 e. The van der Waals surface area contributed by atoms with Gasteiger partial charge in [-0.15, -0.1) is 0 Å². The first kappa shape index (κ1) is 40.0. The number of esters is 2. The van der Waals surface area contributed by atoms with Gasteiger partial charge in [-0.3, -0.25) is 14.2 Å². The highest BCUT2D eigenvalue weighted by molar-refractivity contribution is 7.45. The van der Waals surface area contributed by atoms with Gasteiger partial charge in [-0.2, -0.15) is 0 Å². The summed E-state index contributed by atoms with van der Waals surface area (Å²) in [5, 5.41) is 0. The van der Waals surface area contributed by atoms with Crippen LogP contribution in [-0.4, -0.2) is 70.0 Å². The molecule has 244 valence electrons. The van der Waals surface area contributed by atoms with Crippen LogP contribution in [0.1, 0.15) is 136 Å². The number of hydrogen-bond donors (Lipinski definition) is 0. The van der Waals surface area contributed by atoms with Crippen molar-refractivity contribution in [3.05, 3.63) is 0 Å². The number of rotatable bonds is 29. The van der Waals surface area contributed by atoms with E-state index in [4.69, 9.17) is 18.5 Å². The van der Waals surface area contributed by atoms with Gasteiger partial charge in [-0.1, -0.05) is 110 Å². The molecule has 0 spiro atoms. The summed E-state index contributed by atoms with van der Waals surface area (Å²) in [6.07, 6.45) is 19.0. The summed E-state index contributed by atoms with van der Waals surface area (Å²) in [5.74, 6) is -0.851. The highest BCUT2D eigenvalue weighted by Gasteiger charge is 2.21. The zero-order chi connectivity index (χ0) is 30.8. The highest BCUT2D eigenvalue weighted by atomic mass is 31.2. The number of nitrogens with zero attached hydrogens (tertiary/aromatic N) is 1. The van der Waals surface area contributed by atoms with Crippen LogP contribution in [0, 0.1) is 0 Å². The minimum absolute atomic E-state index is 0.0273. The zero-order valence-corrected chi connectivity index (χ0v) is 27.9. The molecule has 0 aliphatic heterocycles. The number of quaternary nitrogens is 1. The molecule has 0 saturated carbocycles. The van der Waals surface area contributed by atoms with Gasteiger partial charge >= 0.3 is 11.9 Å². The number of likely N-dealkylation sites (N-methyl/N-ethyl adjacent to an activating group) is 1. The largest absolute Gasteiger partial charge is 0.756 e. The van der Waals surface area contributed by atoms with Crippen LogP contribution in [0.2, 0.25) is 0 Å². The van der Waals surface area contributed by atoms with E-state index in [1.807, 2.05) is 21.1 Å². The van der Waals surface area contributed by atoms with E-state index >= 15 is 0 Å². The molecule has 41 heavy (non-hydrogen) atoms.